The Balaban J connectivity index is 1.46. The molecule has 0 aliphatic rings. The predicted molar refractivity (Wildman–Crippen MR) is 174 cm³/mol. The van der Waals surface area contributed by atoms with Crippen molar-refractivity contribution in [2.45, 2.75) is 0 Å². The van der Waals surface area contributed by atoms with Crippen LogP contribution in [0.3, 0.4) is 0 Å². The maximum atomic E-state index is 6.50. The summed E-state index contributed by atoms with van der Waals surface area (Å²) in [7, 11) is 0. The van der Waals surface area contributed by atoms with Crippen LogP contribution in [-0.4, -0.2) is 19.9 Å². The van der Waals surface area contributed by atoms with Crippen molar-refractivity contribution < 1.29 is 4.42 Å². The largest absolute Gasteiger partial charge is 0.455 e. The Labute approximate surface area is 246 Å². The first-order valence-electron chi connectivity index (χ1n) is 14.3. The van der Waals surface area contributed by atoms with Crippen molar-refractivity contribution in [3.8, 4) is 34.3 Å². The lowest BCUT2D eigenvalue weighted by atomic mass is 9.95. The highest BCUT2D eigenvalue weighted by Gasteiger charge is 2.22. The number of hydrogen-bond donors (Lipinski definition) is 0. The highest BCUT2D eigenvalue weighted by Crippen LogP contribution is 2.44. The number of hydrogen-bond acceptors (Lipinski definition) is 5. The van der Waals surface area contributed by atoms with E-state index in [0.29, 0.717) is 23.2 Å². The first-order valence-corrected chi connectivity index (χ1v) is 14.3. The Morgan fingerprint density at radius 3 is 1.51 bits per heavy atom. The van der Waals surface area contributed by atoms with Crippen molar-refractivity contribution in [3.63, 3.8) is 0 Å². The quantitative estimate of drug-likeness (QED) is 0.205. The number of nitrogens with zero attached hydrogens (tertiary/aromatic N) is 4. The fourth-order valence-corrected chi connectivity index (χ4v) is 6.17. The number of fused-ring (bicyclic) bond motifs is 10. The van der Waals surface area contributed by atoms with Gasteiger partial charge in [-0.15, -0.1) is 0 Å². The lowest BCUT2D eigenvalue weighted by molar-refractivity contribution is 0.673. The summed E-state index contributed by atoms with van der Waals surface area (Å²) in [6.45, 7) is 0. The SMILES string of the molecule is c1ccc(-c2nc(-c3ccccc3)nc(-c3nc4c(c5ccccc35)c3ccccc3c3oc5ccccc5c43)n2)cc1. The molecule has 0 N–H and O–H groups in total. The highest BCUT2D eigenvalue weighted by atomic mass is 16.3. The van der Waals surface area contributed by atoms with E-state index in [-0.39, 0.29) is 0 Å². The van der Waals surface area contributed by atoms with Crippen molar-refractivity contribution in [2.75, 3.05) is 0 Å². The van der Waals surface area contributed by atoms with Crippen molar-refractivity contribution in [3.05, 3.63) is 133 Å². The standard InChI is InChI=1S/C38H22N4O/c1-3-13-23(14-4-1)36-40-37(24-15-5-2-6-16-24)42-38(41-36)33-27-19-9-7-17-25(27)31-26-18-8-10-20-28(26)35-32(34(31)39-33)29-21-11-12-22-30(29)43-35/h1-22H. The van der Waals surface area contributed by atoms with Crippen LogP contribution >= 0.6 is 0 Å². The third-order valence-electron chi connectivity index (χ3n) is 8.10. The van der Waals surface area contributed by atoms with Crippen LogP contribution in [0, 0.1) is 0 Å². The molecule has 0 unspecified atom stereocenters. The molecule has 5 heteroatoms. The number of furan rings is 1. The van der Waals surface area contributed by atoms with E-state index in [1.54, 1.807) is 0 Å². The van der Waals surface area contributed by atoms with E-state index in [1.165, 1.54) is 0 Å². The fourth-order valence-electron chi connectivity index (χ4n) is 6.17. The van der Waals surface area contributed by atoms with Gasteiger partial charge in [0.1, 0.15) is 16.9 Å². The van der Waals surface area contributed by atoms with Crippen molar-refractivity contribution >= 4 is 54.4 Å². The van der Waals surface area contributed by atoms with Crippen LogP contribution in [-0.2, 0) is 0 Å². The van der Waals surface area contributed by atoms with Crippen molar-refractivity contribution in [1.82, 2.24) is 19.9 Å². The zero-order valence-electron chi connectivity index (χ0n) is 22.9. The average molecular weight is 551 g/mol. The molecule has 0 radical (unpaired) electrons. The van der Waals surface area contributed by atoms with Crippen LogP contribution in [0.2, 0.25) is 0 Å². The zero-order chi connectivity index (χ0) is 28.3. The van der Waals surface area contributed by atoms with Gasteiger partial charge in [-0.2, -0.15) is 0 Å². The van der Waals surface area contributed by atoms with E-state index in [9.17, 15) is 0 Å². The number of benzene rings is 6. The molecule has 0 aliphatic heterocycles. The summed E-state index contributed by atoms with van der Waals surface area (Å²) in [5, 5.41) is 7.37. The molecule has 0 bridgehead atoms. The van der Waals surface area contributed by atoms with Gasteiger partial charge in [-0.05, 0) is 16.8 Å². The zero-order valence-corrected chi connectivity index (χ0v) is 22.9. The second-order valence-electron chi connectivity index (χ2n) is 10.6. The van der Waals surface area contributed by atoms with Gasteiger partial charge in [0, 0.05) is 32.7 Å². The van der Waals surface area contributed by atoms with Crippen LogP contribution in [0.25, 0.3) is 88.7 Å². The smallest absolute Gasteiger partial charge is 0.183 e. The van der Waals surface area contributed by atoms with E-state index in [2.05, 4.69) is 48.5 Å². The van der Waals surface area contributed by atoms with Crippen LogP contribution in [0.4, 0.5) is 0 Å². The summed E-state index contributed by atoms with van der Waals surface area (Å²) in [4.78, 5) is 20.4. The van der Waals surface area contributed by atoms with E-state index in [0.717, 1.165) is 65.5 Å². The molecule has 200 valence electrons. The Bertz CT molecular complexity index is 2450. The summed E-state index contributed by atoms with van der Waals surface area (Å²) in [5.41, 5.74) is 5.09. The maximum absolute atomic E-state index is 6.50. The van der Waals surface area contributed by atoms with Crippen LogP contribution in [0.1, 0.15) is 0 Å². The number of aromatic nitrogens is 4. The molecule has 0 fully saturated rings. The van der Waals surface area contributed by atoms with Crippen molar-refractivity contribution in [1.29, 1.82) is 0 Å². The lowest BCUT2D eigenvalue weighted by Crippen LogP contribution is -2.02. The Morgan fingerprint density at radius 2 is 0.860 bits per heavy atom. The Kier molecular flexibility index (Phi) is 5.13. The minimum absolute atomic E-state index is 0.528. The average Bonchev–Trinajstić information content (AvgIpc) is 3.49. The van der Waals surface area contributed by atoms with Gasteiger partial charge in [0.05, 0.1) is 10.9 Å². The minimum atomic E-state index is 0.528. The van der Waals surface area contributed by atoms with Crippen molar-refractivity contribution in [2.24, 2.45) is 0 Å². The molecule has 9 aromatic rings. The number of pyridine rings is 1. The van der Waals surface area contributed by atoms with Gasteiger partial charge in [0.15, 0.2) is 17.5 Å². The second-order valence-corrected chi connectivity index (χ2v) is 10.6. The minimum Gasteiger partial charge on any atom is -0.455 e. The summed E-state index contributed by atoms with van der Waals surface area (Å²) in [6.07, 6.45) is 0. The van der Waals surface area contributed by atoms with Crippen LogP contribution < -0.4 is 0 Å². The molecule has 3 heterocycles. The predicted octanol–water partition coefficient (Wildman–Crippen LogP) is 9.63. The molecule has 0 saturated carbocycles. The molecule has 0 atom stereocenters. The fraction of sp³-hybridized carbons (Fsp3) is 0. The van der Waals surface area contributed by atoms with E-state index >= 15 is 0 Å². The van der Waals surface area contributed by atoms with Gasteiger partial charge in [-0.1, -0.05) is 127 Å². The molecule has 0 aliphatic carbocycles. The van der Waals surface area contributed by atoms with E-state index < -0.39 is 0 Å². The molecule has 43 heavy (non-hydrogen) atoms. The molecule has 3 aromatic heterocycles. The third-order valence-corrected chi connectivity index (χ3v) is 8.10. The molecule has 6 aromatic carbocycles. The maximum Gasteiger partial charge on any atom is 0.183 e. The van der Waals surface area contributed by atoms with Gasteiger partial charge in [-0.3, -0.25) is 0 Å². The molecular formula is C38H22N4O. The second kappa shape index (κ2) is 9.29. The molecular weight excluding hydrogens is 528 g/mol. The normalized spacial score (nSPS) is 11.7. The first-order chi connectivity index (χ1) is 21.3. The van der Waals surface area contributed by atoms with Gasteiger partial charge in [0.2, 0.25) is 0 Å². The Morgan fingerprint density at radius 1 is 0.372 bits per heavy atom. The van der Waals surface area contributed by atoms with Gasteiger partial charge >= 0.3 is 0 Å². The molecule has 5 nitrogen and oxygen atoms in total. The van der Waals surface area contributed by atoms with Gasteiger partial charge in [-0.25, -0.2) is 19.9 Å². The van der Waals surface area contributed by atoms with Crippen LogP contribution in [0.5, 0.6) is 0 Å². The molecule has 0 saturated heterocycles. The lowest BCUT2D eigenvalue weighted by Gasteiger charge is -2.14. The third kappa shape index (κ3) is 3.65. The summed E-state index contributed by atoms with van der Waals surface area (Å²) in [6, 6.07) is 45.1. The van der Waals surface area contributed by atoms with Crippen LogP contribution in [0.15, 0.2) is 138 Å². The number of para-hydroxylation sites is 1. The van der Waals surface area contributed by atoms with E-state index in [1.807, 2.05) is 84.9 Å². The molecule has 9 rings (SSSR count). The Hall–Kier alpha value is -5.94. The molecule has 0 spiro atoms. The van der Waals surface area contributed by atoms with Gasteiger partial charge in [0.25, 0.3) is 0 Å². The van der Waals surface area contributed by atoms with Gasteiger partial charge < -0.3 is 4.42 Å². The monoisotopic (exact) mass is 550 g/mol. The molecule has 0 amide bonds. The summed E-state index contributed by atoms with van der Waals surface area (Å²) in [5.74, 6) is 1.74. The summed E-state index contributed by atoms with van der Waals surface area (Å²) >= 11 is 0. The summed E-state index contributed by atoms with van der Waals surface area (Å²) < 4.78 is 6.50. The first kappa shape index (κ1) is 23.7. The highest BCUT2D eigenvalue weighted by molar-refractivity contribution is 6.34. The van der Waals surface area contributed by atoms with E-state index in [4.69, 9.17) is 24.4 Å². The topological polar surface area (TPSA) is 64.7 Å². The number of rotatable bonds is 3.